The van der Waals surface area contributed by atoms with E-state index in [4.69, 9.17) is 0 Å². The van der Waals surface area contributed by atoms with E-state index in [2.05, 4.69) is 40.8 Å². The van der Waals surface area contributed by atoms with Gasteiger partial charge in [0.15, 0.2) is 0 Å². The number of nitrogens with zero attached hydrogens (tertiary/aromatic N) is 1. The highest BCUT2D eigenvalue weighted by atomic mass is 32.2. The van der Waals surface area contributed by atoms with Crippen LogP contribution in [0.4, 0.5) is 0 Å². The Morgan fingerprint density at radius 1 is 0.824 bits per heavy atom. The molecule has 0 N–H and O–H groups in total. The number of hydrogen-bond acceptors (Lipinski definition) is 2. The Hall–Kier alpha value is -1.80. The smallest absolute Gasteiger partial charge is 0.0434 e. The van der Waals surface area contributed by atoms with E-state index in [0.29, 0.717) is 0 Å². The average Bonchev–Trinajstić information content (AvgIpc) is 2.62. The van der Waals surface area contributed by atoms with Crippen LogP contribution in [0.1, 0.15) is 11.1 Å². The third-order valence-corrected chi connectivity index (χ3v) is 3.46. The molecule has 2 aromatic rings. The van der Waals surface area contributed by atoms with Crippen molar-refractivity contribution < 1.29 is 0 Å². The topological polar surface area (TPSA) is 12.4 Å². The second-order valence-electron chi connectivity index (χ2n) is 3.83. The number of benzene rings is 2. The van der Waals surface area contributed by atoms with Crippen LogP contribution < -0.4 is 0 Å². The quantitative estimate of drug-likeness (QED) is 0.673. The lowest BCUT2D eigenvalue weighted by molar-refractivity contribution is 1.43. The number of hydrogen-bond donors (Lipinski definition) is 0. The van der Waals surface area contributed by atoms with Crippen LogP contribution >= 0.6 is 11.9 Å². The van der Waals surface area contributed by atoms with Gasteiger partial charge in [-0.1, -0.05) is 48.5 Å². The van der Waals surface area contributed by atoms with Gasteiger partial charge in [-0.3, -0.25) is 0 Å². The van der Waals surface area contributed by atoms with Crippen molar-refractivity contribution in [2.45, 2.75) is 4.90 Å². The summed E-state index contributed by atoms with van der Waals surface area (Å²) >= 11 is 1.53. The van der Waals surface area contributed by atoms with Gasteiger partial charge in [0.25, 0.3) is 0 Å². The molecule has 0 aromatic heterocycles. The van der Waals surface area contributed by atoms with Crippen LogP contribution in [0.5, 0.6) is 0 Å². The fourth-order valence-corrected chi connectivity index (χ4v) is 2.47. The molecule has 1 aliphatic heterocycles. The van der Waals surface area contributed by atoms with E-state index in [1.165, 1.54) is 28.0 Å². The predicted octanol–water partition coefficient (Wildman–Crippen LogP) is 4.32. The largest absolute Gasteiger partial charge is 0.219 e. The second kappa shape index (κ2) is 4.60. The summed E-state index contributed by atoms with van der Waals surface area (Å²) in [5.74, 6) is 0. The van der Waals surface area contributed by atoms with Gasteiger partial charge in [-0.2, -0.15) is 0 Å². The highest BCUT2D eigenvalue weighted by Gasteiger charge is 2.06. The van der Waals surface area contributed by atoms with Gasteiger partial charge in [-0.25, -0.2) is 4.40 Å². The molecule has 1 aliphatic rings. The molecule has 2 heteroatoms. The fraction of sp³-hybridized carbons (Fsp3) is 0. The minimum absolute atomic E-state index is 1.16. The SMILES string of the molecule is C1=NSc2ccccc2C=C1c1ccccc1. The zero-order valence-corrected chi connectivity index (χ0v) is 10.0. The molecule has 3 rings (SSSR count). The van der Waals surface area contributed by atoms with Crippen LogP contribution in [-0.2, 0) is 0 Å². The summed E-state index contributed by atoms with van der Waals surface area (Å²) in [6.45, 7) is 0. The Morgan fingerprint density at radius 3 is 2.47 bits per heavy atom. The monoisotopic (exact) mass is 237 g/mol. The molecule has 0 unspecified atom stereocenters. The van der Waals surface area contributed by atoms with Gasteiger partial charge < -0.3 is 0 Å². The Kier molecular flexibility index (Phi) is 2.80. The van der Waals surface area contributed by atoms with Crippen molar-refractivity contribution in [3.8, 4) is 0 Å². The summed E-state index contributed by atoms with van der Waals surface area (Å²) in [6, 6.07) is 18.7. The molecule has 82 valence electrons. The van der Waals surface area contributed by atoms with E-state index < -0.39 is 0 Å². The third-order valence-electron chi connectivity index (χ3n) is 2.68. The first-order valence-corrected chi connectivity index (χ1v) is 6.27. The van der Waals surface area contributed by atoms with Gasteiger partial charge in [-0.15, -0.1) is 0 Å². The van der Waals surface area contributed by atoms with E-state index >= 15 is 0 Å². The van der Waals surface area contributed by atoms with Crippen molar-refractivity contribution in [1.29, 1.82) is 0 Å². The van der Waals surface area contributed by atoms with Gasteiger partial charge in [0.2, 0.25) is 0 Å². The molecule has 2 aromatic carbocycles. The van der Waals surface area contributed by atoms with Crippen molar-refractivity contribution in [2.24, 2.45) is 4.40 Å². The average molecular weight is 237 g/mol. The van der Waals surface area contributed by atoms with Crippen molar-refractivity contribution in [3.63, 3.8) is 0 Å². The summed E-state index contributed by atoms with van der Waals surface area (Å²) < 4.78 is 4.39. The van der Waals surface area contributed by atoms with Gasteiger partial charge in [0.05, 0.1) is 0 Å². The molecule has 1 heterocycles. The molecule has 0 bridgehead atoms. The molecule has 0 saturated heterocycles. The maximum absolute atomic E-state index is 4.39. The first kappa shape index (κ1) is 10.4. The highest BCUT2D eigenvalue weighted by molar-refractivity contribution is 7.98. The Balaban J connectivity index is 2.10. The van der Waals surface area contributed by atoms with Crippen LogP contribution in [-0.4, -0.2) is 6.21 Å². The Bertz CT molecular complexity index is 585. The maximum atomic E-state index is 4.39. The van der Waals surface area contributed by atoms with Gasteiger partial charge in [-0.05, 0) is 23.3 Å². The summed E-state index contributed by atoms with van der Waals surface area (Å²) in [5, 5.41) is 0. The van der Waals surface area contributed by atoms with Crippen LogP contribution in [0, 0.1) is 0 Å². The molecule has 0 atom stereocenters. The van der Waals surface area contributed by atoms with Crippen molar-refractivity contribution >= 4 is 29.8 Å². The zero-order valence-electron chi connectivity index (χ0n) is 9.21. The lowest BCUT2D eigenvalue weighted by atomic mass is 10.0. The van der Waals surface area contributed by atoms with E-state index in [9.17, 15) is 0 Å². The molecule has 0 aliphatic carbocycles. The summed E-state index contributed by atoms with van der Waals surface area (Å²) in [5.41, 5.74) is 3.59. The van der Waals surface area contributed by atoms with E-state index in [1.54, 1.807) is 0 Å². The molecule has 0 spiro atoms. The summed E-state index contributed by atoms with van der Waals surface area (Å²) in [4.78, 5) is 1.20. The van der Waals surface area contributed by atoms with E-state index in [1.807, 2.05) is 30.5 Å². The summed E-state index contributed by atoms with van der Waals surface area (Å²) in [6.07, 6.45) is 4.12. The highest BCUT2D eigenvalue weighted by Crippen LogP contribution is 2.30. The van der Waals surface area contributed by atoms with Crippen LogP contribution in [0.2, 0.25) is 0 Å². The number of fused-ring (bicyclic) bond motifs is 1. The Morgan fingerprint density at radius 2 is 1.59 bits per heavy atom. The number of rotatable bonds is 1. The zero-order chi connectivity index (χ0) is 11.5. The van der Waals surface area contributed by atoms with Gasteiger partial charge >= 0.3 is 0 Å². The minimum Gasteiger partial charge on any atom is -0.219 e. The molecular formula is C15H11NS. The van der Waals surface area contributed by atoms with Crippen LogP contribution in [0.25, 0.3) is 11.6 Å². The fourth-order valence-electron chi connectivity index (χ4n) is 1.82. The molecule has 1 nitrogen and oxygen atoms in total. The third kappa shape index (κ3) is 2.17. The molecule has 0 saturated carbocycles. The lowest BCUT2D eigenvalue weighted by Gasteiger charge is -2.01. The Labute approximate surface area is 105 Å². The second-order valence-corrected chi connectivity index (χ2v) is 4.66. The number of allylic oxidation sites excluding steroid dienone is 1. The van der Waals surface area contributed by atoms with E-state index in [0.717, 1.165) is 5.57 Å². The van der Waals surface area contributed by atoms with Crippen molar-refractivity contribution in [1.82, 2.24) is 0 Å². The van der Waals surface area contributed by atoms with Crippen LogP contribution in [0.15, 0.2) is 63.9 Å². The van der Waals surface area contributed by atoms with Crippen molar-refractivity contribution in [3.05, 3.63) is 65.7 Å². The lowest BCUT2D eigenvalue weighted by Crippen LogP contribution is -1.84. The van der Waals surface area contributed by atoms with E-state index in [-0.39, 0.29) is 0 Å². The molecule has 17 heavy (non-hydrogen) atoms. The first-order chi connectivity index (χ1) is 8.43. The molecule has 0 radical (unpaired) electrons. The summed E-state index contributed by atoms with van der Waals surface area (Å²) in [7, 11) is 0. The minimum atomic E-state index is 1.16. The first-order valence-electron chi connectivity index (χ1n) is 5.50. The molecular weight excluding hydrogens is 226 g/mol. The standard InChI is InChI=1S/C15H11NS/c1-2-6-12(7-3-1)14-10-13-8-4-5-9-15(13)17-16-11-14/h1-11H. The normalized spacial score (nSPS) is 13.8. The van der Waals surface area contributed by atoms with Crippen molar-refractivity contribution in [2.75, 3.05) is 0 Å². The van der Waals surface area contributed by atoms with Gasteiger partial charge in [0, 0.05) is 28.6 Å². The van der Waals surface area contributed by atoms with Crippen LogP contribution in [0.3, 0.4) is 0 Å². The maximum Gasteiger partial charge on any atom is 0.0434 e. The molecule has 0 fully saturated rings. The molecule has 0 amide bonds. The predicted molar refractivity (Wildman–Crippen MR) is 75.1 cm³/mol. The van der Waals surface area contributed by atoms with Gasteiger partial charge in [0.1, 0.15) is 0 Å².